The Bertz CT molecular complexity index is 577. The zero-order chi connectivity index (χ0) is 18.4. The standard InChI is InChI=1S/C21H34N4O/c1-3-19(18-8-6-5-7-9-18)24-12-14-25(15-13-24)20(22-4-2)23-16-21(17-26)10-11-21/h5-9,19,26H,3-4,10-17H2,1-2H3,(H,22,23). The second-order valence-electron chi connectivity index (χ2n) is 7.69. The Kier molecular flexibility index (Phi) is 6.54. The van der Waals surface area contributed by atoms with Crippen molar-refractivity contribution in [2.45, 2.75) is 39.2 Å². The average molecular weight is 359 g/mol. The number of aliphatic imine (C=N–C) groups is 1. The number of aliphatic hydroxyl groups is 1. The summed E-state index contributed by atoms with van der Waals surface area (Å²) < 4.78 is 0. The topological polar surface area (TPSA) is 51.1 Å². The summed E-state index contributed by atoms with van der Waals surface area (Å²) in [4.78, 5) is 9.83. The van der Waals surface area contributed by atoms with Crippen molar-refractivity contribution in [3.05, 3.63) is 35.9 Å². The van der Waals surface area contributed by atoms with Crippen LogP contribution in [0, 0.1) is 5.41 Å². The van der Waals surface area contributed by atoms with Crippen molar-refractivity contribution in [2.24, 2.45) is 10.4 Å². The van der Waals surface area contributed by atoms with E-state index in [9.17, 15) is 5.11 Å². The van der Waals surface area contributed by atoms with E-state index >= 15 is 0 Å². The summed E-state index contributed by atoms with van der Waals surface area (Å²) in [6.45, 7) is 10.4. The Morgan fingerprint density at radius 2 is 1.85 bits per heavy atom. The molecule has 0 radical (unpaired) electrons. The zero-order valence-electron chi connectivity index (χ0n) is 16.3. The normalized spacial score (nSPS) is 21.5. The third kappa shape index (κ3) is 4.57. The van der Waals surface area contributed by atoms with E-state index in [4.69, 9.17) is 4.99 Å². The van der Waals surface area contributed by atoms with Crippen LogP contribution in [0.3, 0.4) is 0 Å². The number of hydrogen-bond donors (Lipinski definition) is 2. The van der Waals surface area contributed by atoms with E-state index in [1.807, 2.05) is 0 Å². The van der Waals surface area contributed by atoms with Crippen molar-refractivity contribution in [2.75, 3.05) is 45.9 Å². The maximum Gasteiger partial charge on any atom is 0.194 e. The fourth-order valence-electron chi connectivity index (χ4n) is 3.84. The Morgan fingerprint density at radius 3 is 2.38 bits per heavy atom. The lowest BCUT2D eigenvalue weighted by molar-refractivity contribution is 0.126. The molecule has 1 heterocycles. The van der Waals surface area contributed by atoms with Gasteiger partial charge in [0.15, 0.2) is 5.96 Å². The van der Waals surface area contributed by atoms with Gasteiger partial charge in [-0.25, -0.2) is 0 Å². The Morgan fingerprint density at radius 1 is 1.15 bits per heavy atom. The molecule has 0 aromatic heterocycles. The lowest BCUT2D eigenvalue weighted by Crippen LogP contribution is -2.53. The number of rotatable bonds is 7. The van der Waals surface area contributed by atoms with Gasteiger partial charge in [-0.3, -0.25) is 9.89 Å². The molecule has 0 bridgehead atoms. The van der Waals surface area contributed by atoms with E-state index in [0.29, 0.717) is 6.04 Å². The molecule has 2 fully saturated rings. The minimum atomic E-state index is 0.0725. The first kappa shape index (κ1) is 19.2. The number of nitrogens with zero attached hydrogens (tertiary/aromatic N) is 3. The van der Waals surface area contributed by atoms with Crippen LogP contribution >= 0.6 is 0 Å². The fraction of sp³-hybridized carbons (Fsp3) is 0.667. The minimum Gasteiger partial charge on any atom is -0.396 e. The predicted molar refractivity (Wildman–Crippen MR) is 107 cm³/mol. The smallest absolute Gasteiger partial charge is 0.194 e. The van der Waals surface area contributed by atoms with Gasteiger partial charge in [0.2, 0.25) is 0 Å². The number of benzene rings is 1. The molecule has 1 aromatic carbocycles. The second-order valence-corrected chi connectivity index (χ2v) is 7.69. The Balaban J connectivity index is 1.59. The summed E-state index contributed by atoms with van der Waals surface area (Å²) in [5, 5.41) is 13.0. The van der Waals surface area contributed by atoms with Gasteiger partial charge in [0.05, 0.1) is 13.2 Å². The van der Waals surface area contributed by atoms with Crippen molar-refractivity contribution >= 4 is 5.96 Å². The number of nitrogens with one attached hydrogen (secondary N) is 1. The van der Waals surface area contributed by atoms with Crippen molar-refractivity contribution in [3.63, 3.8) is 0 Å². The highest BCUT2D eigenvalue weighted by Gasteiger charge is 2.42. The van der Waals surface area contributed by atoms with Gasteiger partial charge in [0.25, 0.3) is 0 Å². The number of hydrogen-bond acceptors (Lipinski definition) is 3. The van der Waals surface area contributed by atoms with Crippen LogP contribution in [0.15, 0.2) is 35.3 Å². The molecule has 1 aliphatic carbocycles. The van der Waals surface area contributed by atoms with Crippen LogP contribution in [0.25, 0.3) is 0 Å². The monoisotopic (exact) mass is 358 g/mol. The molecule has 2 N–H and O–H groups in total. The Hall–Kier alpha value is -1.59. The molecule has 1 aliphatic heterocycles. The van der Waals surface area contributed by atoms with Crippen molar-refractivity contribution in [1.82, 2.24) is 15.1 Å². The molecule has 1 saturated heterocycles. The van der Waals surface area contributed by atoms with Gasteiger partial charge < -0.3 is 15.3 Å². The van der Waals surface area contributed by atoms with Crippen LogP contribution in [0.5, 0.6) is 0 Å². The van der Waals surface area contributed by atoms with Gasteiger partial charge in [0, 0.05) is 44.2 Å². The largest absolute Gasteiger partial charge is 0.396 e. The number of piperazine rings is 1. The molecule has 5 nitrogen and oxygen atoms in total. The summed E-state index contributed by atoms with van der Waals surface area (Å²) in [6.07, 6.45) is 3.35. The highest BCUT2D eigenvalue weighted by atomic mass is 16.3. The molecular formula is C21H34N4O. The molecular weight excluding hydrogens is 324 g/mol. The summed E-state index contributed by atoms with van der Waals surface area (Å²) in [5.41, 5.74) is 1.49. The van der Waals surface area contributed by atoms with Crippen molar-refractivity contribution < 1.29 is 5.11 Å². The predicted octanol–water partition coefficient (Wildman–Crippen LogP) is 2.49. The molecule has 144 valence electrons. The maximum absolute atomic E-state index is 9.53. The van der Waals surface area contributed by atoms with E-state index in [0.717, 1.165) is 64.5 Å². The van der Waals surface area contributed by atoms with Crippen LogP contribution in [-0.2, 0) is 0 Å². The van der Waals surface area contributed by atoms with Gasteiger partial charge in [-0.2, -0.15) is 0 Å². The Labute approximate surface area is 158 Å². The van der Waals surface area contributed by atoms with Gasteiger partial charge >= 0.3 is 0 Å². The second kappa shape index (κ2) is 8.87. The molecule has 1 aromatic rings. The summed E-state index contributed by atoms with van der Waals surface area (Å²) in [5.74, 6) is 1.01. The van der Waals surface area contributed by atoms with Crippen molar-refractivity contribution in [1.29, 1.82) is 0 Å². The zero-order valence-corrected chi connectivity index (χ0v) is 16.3. The maximum atomic E-state index is 9.53. The molecule has 5 heteroatoms. The molecule has 0 spiro atoms. The summed E-state index contributed by atoms with van der Waals surface area (Å²) in [6, 6.07) is 11.4. The molecule has 3 rings (SSSR count). The minimum absolute atomic E-state index is 0.0725. The van der Waals surface area contributed by atoms with Gasteiger partial charge in [0.1, 0.15) is 0 Å². The number of aliphatic hydroxyl groups excluding tert-OH is 1. The molecule has 1 atom stereocenters. The van der Waals surface area contributed by atoms with Gasteiger partial charge in [-0.15, -0.1) is 0 Å². The summed E-state index contributed by atoms with van der Waals surface area (Å²) in [7, 11) is 0. The first-order chi connectivity index (χ1) is 12.7. The van der Waals surface area contributed by atoms with E-state index in [1.54, 1.807) is 0 Å². The quantitative estimate of drug-likeness (QED) is 0.581. The molecule has 26 heavy (non-hydrogen) atoms. The highest BCUT2D eigenvalue weighted by molar-refractivity contribution is 5.80. The fourth-order valence-corrected chi connectivity index (χ4v) is 3.84. The van der Waals surface area contributed by atoms with Crippen LogP contribution in [0.2, 0.25) is 0 Å². The van der Waals surface area contributed by atoms with E-state index in [1.165, 1.54) is 5.56 Å². The van der Waals surface area contributed by atoms with E-state index in [2.05, 4.69) is 59.3 Å². The van der Waals surface area contributed by atoms with Crippen LogP contribution < -0.4 is 5.32 Å². The number of guanidine groups is 1. The van der Waals surface area contributed by atoms with Crippen molar-refractivity contribution in [3.8, 4) is 0 Å². The van der Waals surface area contributed by atoms with Crippen LogP contribution in [0.1, 0.15) is 44.7 Å². The van der Waals surface area contributed by atoms with E-state index < -0.39 is 0 Å². The van der Waals surface area contributed by atoms with Gasteiger partial charge in [-0.1, -0.05) is 37.3 Å². The lowest BCUT2D eigenvalue weighted by atomic mass is 10.0. The summed E-state index contributed by atoms with van der Waals surface area (Å²) >= 11 is 0. The molecule has 2 aliphatic rings. The first-order valence-corrected chi connectivity index (χ1v) is 10.1. The van der Waals surface area contributed by atoms with E-state index in [-0.39, 0.29) is 12.0 Å². The SMILES string of the molecule is CCNC(=NCC1(CO)CC1)N1CCN(C(CC)c2ccccc2)CC1. The van der Waals surface area contributed by atoms with Gasteiger partial charge in [-0.05, 0) is 31.7 Å². The third-order valence-corrected chi connectivity index (χ3v) is 5.82. The first-order valence-electron chi connectivity index (χ1n) is 10.1. The average Bonchev–Trinajstić information content (AvgIpc) is 3.48. The third-order valence-electron chi connectivity index (χ3n) is 5.82. The molecule has 1 saturated carbocycles. The lowest BCUT2D eigenvalue weighted by Gasteiger charge is -2.40. The highest BCUT2D eigenvalue weighted by Crippen LogP contribution is 2.45. The van der Waals surface area contributed by atoms with Crippen LogP contribution in [0.4, 0.5) is 0 Å². The molecule has 1 unspecified atom stereocenters. The molecule has 0 amide bonds. The van der Waals surface area contributed by atoms with Crippen LogP contribution in [-0.4, -0.2) is 66.7 Å².